The molecule has 1 N–H and O–H groups in total. The molecule has 0 aromatic heterocycles. The first-order chi connectivity index (χ1) is 10.7. The Morgan fingerprint density at radius 3 is 2.45 bits per heavy atom. The van der Waals surface area contributed by atoms with Crippen molar-refractivity contribution in [3.63, 3.8) is 0 Å². The van der Waals surface area contributed by atoms with Gasteiger partial charge in [-0.15, -0.1) is 0 Å². The van der Waals surface area contributed by atoms with Crippen LogP contribution in [0.4, 0.5) is 0 Å². The summed E-state index contributed by atoms with van der Waals surface area (Å²) < 4.78 is 11.8. The SMILES string of the molecule is COc1ccccc1OCCNC(=O)Cc1ccc(Br)cc1. The number of para-hydroxylation sites is 2. The van der Waals surface area contributed by atoms with E-state index in [0.717, 1.165) is 10.0 Å². The second-order valence-corrected chi connectivity index (χ2v) is 5.57. The minimum Gasteiger partial charge on any atom is -0.493 e. The van der Waals surface area contributed by atoms with Crippen molar-refractivity contribution < 1.29 is 14.3 Å². The lowest BCUT2D eigenvalue weighted by Gasteiger charge is -2.11. The molecule has 0 aliphatic heterocycles. The van der Waals surface area contributed by atoms with E-state index < -0.39 is 0 Å². The Labute approximate surface area is 138 Å². The van der Waals surface area contributed by atoms with Gasteiger partial charge in [-0.1, -0.05) is 40.2 Å². The quantitative estimate of drug-likeness (QED) is 0.768. The van der Waals surface area contributed by atoms with E-state index in [-0.39, 0.29) is 5.91 Å². The molecule has 0 fully saturated rings. The third kappa shape index (κ3) is 5.07. The Morgan fingerprint density at radius 2 is 1.77 bits per heavy atom. The van der Waals surface area contributed by atoms with Crippen molar-refractivity contribution in [3.05, 3.63) is 58.6 Å². The number of carbonyl (C=O) groups is 1. The van der Waals surface area contributed by atoms with Crippen LogP contribution >= 0.6 is 15.9 Å². The molecule has 0 heterocycles. The van der Waals surface area contributed by atoms with Crippen molar-refractivity contribution in [2.75, 3.05) is 20.3 Å². The van der Waals surface area contributed by atoms with Crippen LogP contribution in [-0.4, -0.2) is 26.2 Å². The highest BCUT2D eigenvalue weighted by Gasteiger charge is 2.04. The van der Waals surface area contributed by atoms with E-state index in [1.54, 1.807) is 7.11 Å². The Bertz CT molecular complexity index is 614. The molecule has 0 radical (unpaired) electrons. The molecular formula is C17H18BrNO3. The van der Waals surface area contributed by atoms with Gasteiger partial charge < -0.3 is 14.8 Å². The van der Waals surface area contributed by atoms with Gasteiger partial charge in [-0.25, -0.2) is 0 Å². The number of nitrogens with one attached hydrogen (secondary N) is 1. The topological polar surface area (TPSA) is 47.6 Å². The van der Waals surface area contributed by atoms with Crippen molar-refractivity contribution in [2.24, 2.45) is 0 Å². The monoisotopic (exact) mass is 363 g/mol. The molecule has 5 heteroatoms. The van der Waals surface area contributed by atoms with E-state index >= 15 is 0 Å². The predicted octanol–water partition coefficient (Wildman–Crippen LogP) is 3.20. The Hall–Kier alpha value is -2.01. The Morgan fingerprint density at radius 1 is 1.09 bits per heavy atom. The number of hydrogen-bond acceptors (Lipinski definition) is 3. The molecule has 0 aliphatic rings. The van der Waals surface area contributed by atoms with Gasteiger partial charge in [0.2, 0.25) is 5.91 Å². The Kier molecular flexibility index (Phi) is 6.27. The summed E-state index contributed by atoms with van der Waals surface area (Å²) in [7, 11) is 1.60. The molecule has 0 saturated heterocycles. The molecule has 2 rings (SSSR count). The third-order valence-electron chi connectivity index (χ3n) is 3.03. The first-order valence-electron chi connectivity index (χ1n) is 6.96. The zero-order chi connectivity index (χ0) is 15.8. The second-order valence-electron chi connectivity index (χ2n) is 4.65. The van der Waals surface area contributed by atoms with Crippen LogP contribution in [0.5, 0.6) is 11.5 Å². The molecular weight excluding hydrogens is 346 g/mol. The van der Waals surface area contributed by atoms with Crippen molar-refractivity contribution in [2.45, 2.75) is 6.42 Å². The summed E-state index contributed by atoms with van der Waals surface area (Å²) in [6.07, 6.45) is 0.363. The Balaban J connectivity index is 1.72. The van der Waals surface area contributed by atoms with E-state index in [1.807, 2.05) is 48.5 Å². The molecule has 2 aromatic carbocycles. The van der Waals surface area contributed by atoms with Gasteiger partial charge in [0.05, 0.1) is 20.1 Å². The van der Waals surface area contributed by atoms with Crippen LogP contribution in [0.15, 0.2) is 53.0 Å². The van der Waals surface area contributed by atoms with Crippen molar-refractivity contribution in [1.82, 2.24) is 5.32 Å². The number of benzene rings is 2. The summed E-state index contributed by atoms with van der Waals surface area (Å²) in [6.45, 7) is 0.847. The standard InChI is InChI=1S/C17H18BrNO3/c1-21-15-4-2-3-5-16(15)22-11-10-19-17(20)12-13-6-8-14(18)9-7-13/h2-9H,10-12H2,1H3,(H,19,20). The molecule has 0 saturated carbocycles. The van der Waals surface area contributed by atoms with Gasteiger partial charge >= 0.3 is 0 Å². The summed E-state index contributed by atoms with van der Waals surface area (Å²) in [6, 6.07) is 15.1. The fourth-order valence-corrected chi connectivity index (χ4v) is 2.20. The minimum absolute atomic E-state index is 0.0223. The summed E-state index contributed by atoms with van der Waals surface area (Å²) in [5.74, 6) is 1.33. The normalized spacial score (nSPS) is 10.1. The number of amides is 1. The number of rotatable bonds is 7. The van der Waals surface area contributed by atoms with Crippen LogP contribution in [0, 0.1) is 0 Å². The number of methoxy groups -OCH3 is 1. The van der Waals surface area contributed by atoms with Crippen LogP contribution in [0.25, 0.3) is 0 Å². The number of carbonyl (C=O) groups excluding carboxylic acids is 1. The highest BCUT2D eigenvalue weighted by atomic mass is 79.9. The molecule has 2 aromatic rings. The van der Waals surface area contributed by atoms with E-state index in [9.17, 15) is 4.79 Å². The molecule has 4 nitrogen and oxygen atoms in total. The summed E-state index contributed by atoms with van der Waals surface area (Å²) in [5.41, 5.74) is 0.978. The zero-order valence-corrected chi connectivity index (χ0v) is 13.9. The summed E-state index contributed by atoms with van der Waals surface area (Å²) in [4.78, 5) is 11.8. The maximum Gasteiger partial charge on any atom is 0.224 e. The fraction of sp³-hybridized carbons (Fsp3) is 0.235. The van der Waals surface area contributed by atoms with E-state index in [1.165, 1.54) is 0 Å². The number of hydrogen-bond donors (Lipinski definition) is 1. The molecule has 116 valence electrons. The summed E-state index contributed by atoms with van der Waals surface area (Å²) in [5, 5.41) is 2.84. The lowest BCUT2D eigenvalue weighted by Crippen LogP contribution is -2.29. The first kappa shape index (κ1) is 16.4. The molecule has 0 aliphatic carbocycles. The zero-order valence-electron chi connectivity index (χ0n) is 12.3. The van der Waals surface area contributed by atoms with Gasteiger partial charge in [-0.2, -0.15) is 0 Å². The third-order valence-corrected chi connectivity index (χ3v) is 3.56. The van der Waals surface area contributed by atoms with Gasteiger partial charge in [-0.05, 0) is 29.8 Å². The van der Waals surface area contributed by atoms with E-state index in [4.69, 9.17) is 9.47 Å². The number of ether oxygens (including phenoxy) is 2. The van der Waals surface area contributed by atoms with Crippen LogP contribution in [0.3, 0.4) is 0 Å². The second kappa shape index (κ2) is 8.44. The maximum absolute atomic E-state index is 11.8. The van der Waals surface area contributed by atoms with Gasteiger partial charge in [0.1, 0.15) is 6.61 Å². The highest BCUT2D eigenvalue weighted by molar-refractivity contribution is 9.10. The van der Waals surface area contributed by atoms with Crippen LogP contribution in [0.2, 0.25) is 0 Å². The van der Waals surface area contributed by atoms with Crippen molar-refractivity contribution in [1.29, 1.82) is 0 Å². The highest BCUT2D eigenvalue weighted by Crippen LogP contribution is 2.25. The van der Waals surface area contributed by atoms with Crippen LogP contribution in [-0.2, 0) is 11.2 Å². The largest absolute Gasteiger partial charge is 0.493 e. The maximum atomic E-state index is 11.8. The lowest BCUT2D eigenvalue weighted by atomic mass is 10.1. The lowest BCUT2D eigenvalue weighted by molar-refractivity contribution is -0.120. The smallest absolute Gasteiger partial charge is 0.224 e. The molecule has 0 spiro atoms. The van der Waals surface area contributed by atoms with Gasteiger partial charge in [0, 0.05) is 4.47 Å². The minimum atomic E-state index is -0.0223. The van der Waals surface area contributed by atoms with E-state index in [0.29, 0.717) is 31.1 Å². The predicted molar refractivity (Wildman–Crippen MR) is 89.3 cm³/mol. The van der Waals surface area contributed by atoms with Gasteiger partial charge in [0.15, 0.2) is 11.5 Å². The molecule has 1 amide bonds. The summed E-state index contributed by atoms with van der Waals surface area (Å²) >= 11 is 3.37. The fourth-order valence-electron chi connectivity index (χ4n) is 1.94. The molecule has 0 unspecified atom stereocenters. The average Bonchev–Trinajstić information content (AvgIpc) is 2.54. The van der Waals surface area contributed by atoms with E-state index in [2.05, 4.69) is 21.2 Å². The van der Waals surface area contributed by atoms with Crippen LogP contribution in [0.1, 0.15) is 5.56 Å². The molecule has 0 atom stereocenters. The van der Waals surface area contributed by atoms with Crippen molar-refractivity contribution >= 4 is 21.8 Å². The van der Waals surface area contributed by atoms with Crippen molar-refractivity contribution in [3.8, 4) is 11.5 Å². The average molecular weight is 364 g/mol. The molecule has 0 bridgehead atoms. The van der Waals surface area contributed by atoms with Crippen LogP contribution < -0.4 is 14.8 Å². The van der Waals surface area contributed by atoms with Gasteiger partial charge in [-0.3, -0.25) is 4.79 Å². The first-order valence-corrected chi connectivity index (χ1v) is 7.75. The number of halogens is 1. The van der Waals surface area contributed by atoms with Gasteiger partial charge in [0.25, 0.3) is 0 Å². The molecule has 22 heavy (non-hydrogen) atoms.